The first-order chi connectivity index (χ1) is 14.0. The number of benzene rings is 1. The van der Waals surface area contributed by atoms with Crippen molar-refractivity contribution in [1.82, 2.24) is 28.9 Å². The minimum atomic E-state index is -0.526. The maximum Gasteiger partial charge on any atom is 0.281 e. The van der Waals surface area contributed by atoms with Crippen LogP contribution in [0.3, 0.4) is 0 Å². The Morgan fingerprint density at radius 1 is 1.24 bits per heavy atom. The molecule has 0 bridgehead atoms. The van der Waals surface area contributed by atoms with Crippen molar-refractivity contribution in [3.63, 3.8) is 0 Å². The molecule has 1 aliphatic rings. The maximum atomic E-state index is 13.6. The number of ether oxygens (including phenoxy) is 2. The predicted molar refractivity (Wildman–Crippen MR) is 107 cm³/mol. The molecule has 0 N–H and O–H groups in total. The van der Waals surface area contributed by atoms with Gasteiger partial charge in [0.1, 0.15) is 18.2 Å². The zero-order valence-electron chi connectivity index (χ0n) is 16.2. The summed E-state index contributed by atoms with van der Waals surface area (Å²) in [5, 5.41) is 8.71. The Hall–Kier alpha value is -2.75. The van der Waals surface area contributed by atoms with Crippen molar-refractivity contribution in [2.45, 2.75) is 31.6 Å². The highest BCUT2D eigenvalue weighted by Crippen LogP contribution is 2.48. The number of imidazole rings is 1. The number of fused-ring (bicyclic) bond motifs is 3. The van der Waals surface area contributed by atoms with Gasteiger partial charge < -0.3 is 9.47 Å². The molecule has 1 atom stereocenters. The van der Waals surface area contributed by atoms with E-state index in [0.29, 0.717) is 21.9 Å². The van der Waals surface area contributed by atoms with Crippen LogP contribution in [0.4, 0.5) is 0 Å². The van der Waals surface area contributed by atoms with Gasteiger partial charge in [0.2, 0.25) is 0 Å². The van der Waals surface area contributed by atoms with Crippen molar-refractivity contribution in [1.29, 1.82) is 0 Å². The highest BCUT2D eigenvalue weighted by Gasteiger charge is 2.48. The van der Waals surface area contributed by atoms with E-state index in [-0.39, 0.29) is 5.56 Å². The number of methoxy groups -OCH3 is 2. The van der Waals surface area contributed by atoms with Crippen LogP contribution in [0.2, 0.25) is 5.02 Å². The van der Waals surface area contributed by atoms with Crippen molar-refractivity contribution in [3.8, 4) is 5.82 Å². The lowest BCUT2D eigenvalue weighted by Gasteiger charge is -2.19. The summed E-state index contributed by atoms with van der Waals surface area (Å²) in [4.78, 5) is 18.1. The maximum absolute atomic E-state index is 13.6. The molecule has 9 nitrogen and oxygen atoms in total. The van der Waals surface area contributed by atoms with E-state index in [1.54, 1.807) is 48.8 Å². The zero-order chi connectivity index (χ0) is 20.3. The van der Waals surface area contributed by atoms with Crippen molar-refractivity contribution in [2.24, 2.45) is 0 Å². The highest BCUT2D eigenvalue weighted by molar-refractivity contribution is 6.35. The summed E-state index contributed by atoms with van der Waals surface area (Å²) in [6.45, 7) is 1.79. The highest BCUT2D eigenvalue weighted by atomic mass is 35.5. The summed E-state index contributed by atoms with van der Waals surface area (Å²) in [6.07, 6.45) is 4.47. The van der Waals surface area contributed by atoms with E-state index in [1.807, 2.05) is 12.1 Å². The average molecular weight is 415 g/mol. The van der Waals surface area contributed by atoms with Crippen molar-refractivity contribution in [2.75, 3.05) is 14.2 Å². The van der Waals surface area contributed by atoms with Gasteiger partial charge in [-0.05, 0) is 31.9 Å². The predicted octanol–water partition coefficient (Wildman–Crippen LogP) is 2.68. The van der Waals surface area contributed by atoms with E-state index in [4.69, 9.17) is 21.1 Å². The monoisotopic (exact) mass is 414 g/mol. The van der Waals surface area contributed by atoms with Crippen LogP contribution in [0.5, 0.6) is 0 Å². The molecule has 0 spiro atoms. The fourth-order valence-corrected chi connectivity index (χ4v) is 4.12. The standard InChI is InChI=1S/C19H19ClN6O3/c1-11(28-2)25-15-12(20)5-4-6-13(15)24-10-21-17(16(24)18(25)27)26-14(9-22-23-26)19(29-3)7-8-19/h4-6,9-11H,7-8H2,1-3H3. The number of hydrogen-bond acceptors (Lipinski definition) is 6. The number of aromatic nitrogens is 6. The molecule has 150 valence electrons. The second-order valence-electron chi connectivity index (χ2n) is 7.13. The van der Waals surface area contributed by atoms with Gasteiger partial charge in [0.25, 0.3) is 5.56 Å². The van der Waals surface area contributed by atoms with Gasteiger partial charge in [0.15, 0.2) is 11.3 Å². The van der Waals surface area contributed by atoms with Gasteiger partial charge in [-0.2, -0.15) is 4.68 Å². The Morgan fingerprint density at radius 2 is 2.03 bits per heavy atom. The largest absolute Gasteiger partial charge is 0.372 e. The van der Waals surface area contributed by atoms with Gasteiger partial charge in [-0.15, -0.1) is 5.10 Å². The van der Waals surface area contributed by atoms with E-state index in [9.17, 15) is 4.79 Å². The quantitative estimate of drug-likeness (QED) is 0.499. The number of rotatable bonds is 5. The number of para-hydroxylation sites is 1. The molecule has 1 unspecified atom stereocenters. The average Bonchev–Trinajstić information content (AvgIpc) is 3.15. The molecule has 0 saturated heterocycles. The molecule has 4 aromatic rings. The van der Waals surface area contributed by atoms with Crippen LogP contribution in [0.1, 0.15) is 31.7 Å². The number of nitrogens with zero attached hydrogens (tertiary/aromatic N) is 6. The van der Waals surface area contributed by atoms with Crippen LogP contribution < -0.4 is 5.56 Å². The van der Waals surface area contributed by atoms with Crippen LogP contribution in [-0.4, -0.2) is 43.2 Å². The molecular formula is C19H19ClN6O3. The lowest BCUT2D eigenvalue weighted by molar-refractivity contribution is 0.0615. The van der Waals surface area contributed by atoms with E-state index in [1.165, 1.54) is 4.57 Å². The fraction of sp³-hybridized carbons (Fsp3) is 0.368. The third kappa shape index (κ3) is 2.48. The Morgan fingerprint density at radius 3 is 2.72 bits per heavy atom. The van der Waals surface area contributed by atoms with Gasteiger partial charge in [0, 0.05) is 14.2 Å². The molecule has 1 fully saturated rings. The molecule has 29 heavy (non-hydrogen) atoms. The van der Waals surface area contributed by atoms with Crippen LogP contribution in [0.15, 0.2) is 35.5 Å². The summed E-state index contributed by atoms with van der Waals surface area (Å²) in [5.74, 6) is 0.393. The second kappa shape index (κ2) is 6.38. The Kier molecular flexibility index (Phi) is 4.02. The zero-order valence-corrected chi connectivity index (χ0v) is 16.9. The molecule has 0 aliphatic heterocycles. The molecule has 5 rings (SSSR count). The van der Waals surface area contributed by atoms with Gasteiger partial charge >= 0.3 is 0 Å². The van der Waals surface area contributed by atoms with E-state index >= 15 is 0 Å². The van der Waals surface area contributed by atoms with Gasteiger partial charge in [-0.3, -0.25) is 13.8 Å². The first kappa shape index (κ1) is 18.3. The van der Waals surface area contributed by atoms with Gasteiger partial charge in [0.05, 0.1) is 27.9 Å². The molecule has 10 heteroatoms. The minimum absolute atomic E-state index is 0.281. The summed E-state index contributed by atoms with van der Waals surface area (Å²) < 4.78 is 16.0. The van der Waals surface area contributed by atoms with E-state index in [2.05, 4.69) is 15.3 Å². The third-order valence-corrected chi connectivity index (χ3v) is 5.96. The normalized spacial score (nSPS) is 16.6. The molecule has 0 radical (unpaired) electrons. The van der Waals surface area contributed by atoms with Crippen LogP contribution in [0.25, 0.3) is 22.4 Å². The van der Waals surface area contributed by atoms with E-state index in [0.717, 1.165) is 24.1 Å². The fourth-order valence-electron chi connectivity index (χ4n) is 3.86. The first-order valence-electron chi connectivity index (χ1n) is 9.21. The van der Waals surface area contributed by atoms with Crippen LogP contribution in [-0.2, 0) is 15.1 Å². The molecule has 1 aromatic carbocycles. The SMILES string of the molecule is COC(C)n1c(=O)c2c(-n3nncc3C3(OC)CC3)ncn2c2cccc(Cl)c21. The molecule has 3 aromatic heterocycles. The molecular weight excluding hydrogens is 396 g/mol. The summed E-state index contributed by atoms with van der Waals surface area (Å²) in [7, 11) is 3.21. The summed E-state index contributed by atoms with van der Waals surface area (Å²) >= 11 is 6.46. The van der Waals surface area contributed by atoms with Gasteiger partial charge in [-0.1, -0.05) is 22.9 Å². The Balaban J connectivity index is 1.88. The van der Waals surface area contributed by atoms with Gasteiger partial charge in [-0.25, -0.2) is 4.98 Å². The molecule has 1 saturated carbocycles. The number of halogens is 1. The first-order valence-corrected chi connectivity index (χ1v) is 9.59. The molecule has 1 aliphatic carbocycles. The lowest BCUT2D eigenvalue weighted by Crippen LogP contribution is -2.27. The summed E-state index contributed by atoms with van der Waals surface area (Å²) in [5.41, 5.74) is 1.75. The van der Waals surface area contributed by atoms with Crippen molar-refractivity contribution in [3.05, 3.63) is 51.8 Å². The Bertz CT molecular complexity index is 1300. The van der Waals surface area contributed by atoms with Crippen LogP contribution in [0, 0.1) is 0 Å². The molecule has 0 amide bonds. The third-order valence-electron chi connectivity index (χ3n) is 5.65. The number of hydrogen-bond donors (Lipinski definition) is 0. The second-order valence-corrected chi connectivity index (χ2v) is 7.54. The smallest absolute Gasteiger partial charge is 0.281 e. The summed E-state index contributed by atoms with van der Waals surface area (Å²) in [6, 6.07) is 5.47. The van der Waals surface area contributed by atoms with Crippen molar-refractivity contribution < 1.29 is 9.47 Å². The van der Waals surface area contributed by atoms with E-state index < -0.39 is 11.8 Å². The minimum Gasteiger partial charge on any atom is -0.372 e. The van der Waals surface area contributed by atoms with Crippen LogP contribution >= 0.6 is 11.6 Å². The lowest BCUT2D eigenvalue weighted by atomic mass is 10.2. The molecule has 3 heterocycles. The van der Waals surface area contributed by atoms with Crippen molar-refractivity contribution >= 4 is 28.2 Å². The Labute approximate surface area is 170 Å². The topological polar surface area (TPSA) is 88.5 Å².